The lowest BCUT2D eigenvalue weighted by atomic mass is 10.1. The van der Waals surface area contributed by atoms with Crippen LogP contribution in [0.15, 0.2) is 53.0 Å². The van der Waals surface area contributed by atoms with Crippen molar-refractivity contribution in [1.29, 1.82) is 0 Å². The zero-order valence-corrected chi connectivity index (χ0v) is 17.5. The average Bonchev–Trinajstić information content (AvgIpc) is 2.65. The Kier molecular flexibility index (Phi) is 7.85. The lowest BCUT2D eigenvalue weighted by Gasteiger charge is -2.28. The molecule has 0 heterocycles. The fourth-order valence-corrected chi connectivity index (χ4v) is 3.05. The summed E-state index contributed by atoms with van der Waals surface area (Å²) in [6.07, 6.45) is 0. The van der Waals surface area contributed by atoms with E-state index in [1.54, 1.807) is 11.8 Å². The van der Waals surface area contributed by atoms with Gasteiger partial charge >= 0.3 is 0 Å². The largest absolute Gasteiger partial charge is 0.484 e. The third kappa shape index (κ3) is 6.40. The van der Waals surface area contributed by atoms with E-state index in [0.29, 0.717) is 18.8 Å². The van der Waals surface area contributed by atoms with E-state index in [0.717, 1.165) is 15.6 Å². The number of halogens is 1. The van der Waals surface area contributed by atoms with E-state index in [-0.39, 0.29) is 18.4 Å². The molecular formula is C21H25BrN2O3. The summed E-state index contributed by atoms with van der Waals surface area (Å²) in [5.74, 6) is 0.201. The zero-order valence-electron chi connectivity index (χ0n) is 15.9. The van der Waals surface area contributed by atoms with Gasteiger partial charge in [0.05, 0.1) is 0 Å². The van der Waals surface area contributed by atoms with Gasteiger partial charge in [0.2, 0.25) is 5.91 Å². The van der Waals surface area contributed by atoms with Crippen molar-refractivity contribution in [2.45, 2.75) is 33.4 Å². The minimum Gasteiger partial charge on any atom is -0.484 e. The molecule has 0 aliphatic carbocycles. The van der Waals surface area contributed by atoms with Gasteiger partial charge in [-0.1, -0.05) is 45.8 Å². The number of aryl methyl sites for hydroxylation is 1. The third-order valence-corrected chi connectivity index (χ3v) is 4.64. The molecular weight excluding hydrogens is 408 g/mol. The Morgan fingerprint density at radius 3 is 2.52 bits per heavy atom. The fourth-order valence-electron chi connectivity index (χ4n) is 2.60. The molecule has 144 valence electrons. The van der Waals surface area contributed by atoms with Crippen LogP contribution in [-0.2, 0) is 16.1 Å². The number of rotatable bonds is 8. The molecule has 2 aromatic carbocycles. The Labute approximate surface area is 168 Å². The maximum Gasteiger partial charge on any atom is 0.261 e. The van der Waals surface area contributed by atoms with Gasteiger partial charge < -0.3 is 15.0 Å². The smallest absolute Gasteiger partial charge is 0.261 e. The molecule has 6 heteroatoms. The number of hydrogen-bond donors (Lipinski definition) is 1. The second-order valence-corrected chi connectivity index (χ2v) is 7.24. The molecule has 0 spiro atoms. The average molecular weight is 433 g/mol. The van der Waals surface area contributed by atoms with Crippen molar-refractivity contribution in [1.82, 2.24) is 10.2 Å². The molecule has 1 atom stereocenters. The predicted molar refractivity (Wildman–Crippen MR) is 110 cm³/mol. The SMILES string of the molecule is CCNC(=O)[C@H](C)N(Cc1cccc(Br)c1)C(=O)COc1ccc(C)cc1. The summed E-state index contributed by atoms with van der Waals surface area (Å²) in [7, 11) is 0. The van der Waals surface area contributed by atoms with Gasteiger partial charge in [-0.25, -0.2) is 0 Å². The van der Waals surface area contributed by atoms with E-state index in [1.807, 2.05) is 62.4 Å². The molecule has 0 radical (unpaired) electrons. The highest BCUT2D eigenvalue weighted by atomic mass is 79.9. The standard InChI is InChI=1S/C21H25BrN2O3/c1-4-23-21(26)16(3)24(13-17-6-5-7-18(22)12-17)20(25)14-27-19-10-8-15(2)9-11-19/h5-12,16H,4,13-14H2,1-3H3,(H,23,26)/t16-/m0/s1. The van der Waals surface area contributed by atoms with E-state index in [4.69, 9.17) is 4.74 Å². The van der Waals surface area contributed by atoms with E-state index in [2.05, 4.69) is 21.2 Å². The van der Waals surface area contributed by atoms with Gasteiger partial charge in [-0.3, -0.25) is 9.59 Å². The number of benzene rings is 2. The number of carbonyl (C=O) groups excluding carboxylic acids is 2. The first-order chi connectivity index (χ1) is 12.9. The number of carbonyl (C=O) groups is 2. The number of likely N-dealkylation sites (N-methyl/N-ethyl adjacent to an activating group) is 1. The minimum atomic E-state index is -0.599. The summed E-state index contributed by atoms with van der Waals surface area (Å²) in [4.78, 5) is 26.7. The van der Waals surface area contributed by atoms with Crippen molar-refractivity contribution in [3.63, 3.8) is 0 Å². The van der Waals surface area contributed by atoms with Crippen LogP contribution in [-0.4, -0.2) is 35.9 Å². The van der Waals surface area contributed by atoms with Crippen LogP contribution in [0.1, 0.15) is 25.0 Å². The molecule has 2 rings (SSSR count). The van der Waals surface area contributed by atoms with Crippen molar-refractivity contribution in [2.75, 3.05) is 13.2 Å². The minimum absolute atomic E-state index is 0.124. The summed E-state index contributed by atoms with van der Waals surface area (Å²) in [6.45, 7) is 6.29. The van der Waals surface area contributed by atoms with Crippen LogP contribution in [0, 0.1) is 6.92 Å². The highest BCUT2D eigenvalue weighted by molar-refractivity contribution is 9.10. The number of nitrogens with one attached hydrogen (secondary N) is 1. The Morgan fingerprint density at radius 1 is 1.19 bits per heavy atom. The molecule has 0 saturated carbocycles. The monoisotopic (exact) mass is 432 g/mol. The first-order valence-corrected chi connectivity index (χ1v) is 9.71. The molecule has 27 heavy (non-hydrogen) atoms. The number of amides is 2. The predicted octanol–water partition coefficient (Wildman–Crippen LogP) is 3.69. The van der Waals surface area contributed by atoms with Crippen molar-refractivity contribution in [2.24, 2.45) is 0 Å². The van der Waals surface area contributed by atoms with Crippen molar-refractivity contribution < 1.29 is 14.3 Å². The van der Waals surface area contributed by atoms with Gasteiger partial charge in [0.15, 0.2) is 6.61 Å². The van der Waals surface area contributed by atoms with Crippen molar-refractivity contribution >= 4 is 27.7 Å². The van der Waals surface area contributed by atoms with Crippen LogP contribution in [0.2, 0.25) is 0 Å². The van der Waals surface area contributed by atoms with Crippen LogP contribution >= 0.6 is 15.9 Å². The quantitative estimate of drug-likeness (QED) is 0.691. The van der Waals surface area contributed by atoms with Gasteiger partial charge in [0.25, 0.3) is 5.91 Å². The molecule has 0 bridgehead atoms. The van der Waals surface area contributed by atoms with Gasteiger partial charge in [0.1, 0.15) is 11.8 Å². The first kappa shape index (κ1) is 21.0. The maximum absolute atomic E-state index is 12.8. The van der Waals surface area contributed by atoms with E-state index in [1.165, 1.54) is 0 Å². The molecule has 0 aromatic heterocycles. The molecule has 0 aliphatic rings. The van der Waals surface area contributed by atoms with Crippen LogP contribution < -0.4 is 10.1 Å². The lowest BCUT2D eigenvalue weighted by Crippen LogP contribution is -2.49. The second kappa shape index (κ2) is 10.1. The summed E-state index contributed by atoms with van der Waals surface area (Å²) in [5.41, 5.74) is 2.05. The summed E-state index contributed by atoms with van der Waals surface area (Å²) in [5, 5.41) is 2.77. The Balaban J connectivity index is 2.12. The molecule has 1 N–H and O–H groups in total. The number of nitrogens with zero attached hydrogens (tertiary/aromatic N) is 1. The van der Waals surface area contributed by atoms with Crippen LogP contribution in [0.4, 0.5) is 0 Å². The summed E-state index contributed by atoms with van der Waals surface area (Å²) in [6, 6.07) is 14.6. The van der Waals surface area contributed by atoms with Crippen LogP contribution in [0.5, 0.6) is 5.75 Å². The third-order valence-electron chi connectivity index (χ3n) is 4.14. The molecule has 2 aromatic rings. The van der Waals surface area contributed by atoms with Gasteiger partial charge in [-0.05, 0) is 50.6 Å². The summed E-state index contributed by atoms with van der Waals surface area (Å²) < 4.78 is 6.55. The normalized spacial score (nSPS) is 11.6. The highest BCUT2D eigenvalue weighted by Gasteiger charge is 2.26. The van der Waals surface area contributed by atoms with E-state index < -0.39 is 6.04 Å². The maximum atomic E-state index is 12.8. The Bertz CT molecular complexity index is 777. The molecule has 2 amide bonds. The van der Waals surface area contributed by atoms with E-state index >= 15 is 0 Å². The lowest BCUT2D eigenvalue weighted by molar-refractivity contribution is -0.142. The van der Waals surface area contributed by atoms with E-state index in [9.17, 15) is 9.59 Å². The topological polar surface area (TPSA) is 58.6 Å². The molecule has 0 aliphatic heterocycles. The van der Waals surface area contributed by atoms with Crippen LogP contribution in [0.25, 0.3) is 0 Å². The molecule has 0 saturated heterocycles. The van der Waals surface area contributed by atoms with Crippen molar-refractivity contribution in [3.8, 4) is 5.75 Å². The Hall–Kier alpha value is -2.34. The molecule has 0 fully saturated rings. The van der Waals surface area contributed by atoms with Gasteiger partial charge in [-0.2, -0.15) is 0 Å². The van der Waals surface area contributed by atoms with Gasteiger partial charge in [0, 0.05) is 17.6 Å². The summed E-state index contributed by atoms with van der Waals surface area (Å²) >= 11 is 3.44. The second-order valence-electron chi connectivity index (χ2n) is 6.32. The highest BCUT2D eigenvalue weighted by Crippen LogP contribution is 2.16. The Morgan fingerprint density at radius 2 is 1.89 bits per heavy atom. The van der Waals surface area contributed by atoms with Crippen molar-refractivity contribution in [3.05, 3.63) is 64.1 Å². The number of hydrogen-bond acceptors (Lipinski definition) is 3. The van der Waals surface area contributed by atoms with Gasteiger partial charge in [-0.15, -0.1) is 0 Å². The number of ether oxygens (including phenoxy) is 1. The molecule has 0 unspecified atom stereocenters. The van der Waals surface area contributed by atoms with Crippen LogP contribution in [0.3, 0.4) is 0 Å². The molecule has 5 nitrogen and oxygen atoms in total. The first-order valence-electron chi connectivity index (χ1n) is 8.91. The zero-order chi connectivity index (χ0) is 19.8. The fraction of sp³-hybridized carbons (Fsp3) is 0.333.